The molecule has 1 aromatic heterocycles. The van der Waals surface area contributed by atoms with Gasteiger partial charge in [-0.3, -0.25) is 14.6 Å². The molecule has 0 aromatic carbocycles. The number of pyridine rings is 1. The van der Waals surface area contributed by atoms with Crippen LogP contribution in [0.4, 0.5) is 0 Å². The molecule has 0 spiro atoms. The number of carboxylic acids is 1. The molecule has 1 unspecified atom stereocenters. The third-order valence-corrected chi connectivity index (χ3v) is 3.28. The summed E-state index contributed by atoms with van der Waals surface area (Å²) in [5, 5.41) is 8.87. The van der Waals surface area contributed by atoms with Gasteiger partial charge < -0.3 is 14.7 Å². The highest BCUT2D eigenvalue weighted by Crippen LogP contribution is 2.25. The van der Waals surface area contributed by atoms with Gasteiger partial charge in [0, 0.05) is 18.8 Å². The van der Waals surface area contributed by atoms with E-state index < -0.39 is 5.97 Å². The van der Waals surface area contributed by atoms with Crippen molar-refractivity contribution in [1.82, 2.24) is 9.88 Å². The van der Waals surface area contributed by atoms with E-state index in [4.69, 9.17) is 9.84 Å². The predicted molar refractivity (Wildman–Crippen MR) is 67.1 cm³/mol. The molecule has 6 heteroatoms. The zero-order valence-electron chi connectivity index (χ0n) is 10.7. The summed E-state index contributed by atoms with van der Waals surface area (Å²) in [5.41, 5.74) is 0.426. The third-order valence-electron chi connectivity index (χ3n) is 3.28. The first-order valence-electron chi connectivity index (χ1n) is 6.14. The predicted octanol–water partition coefficient (Wildman–Crippen LogP) is 1.17. The van der Waals surface area contributed by atoms with Gasteiger partial charge in [-0.2, -0.15) is 0 Å². The number of ether oxygens (including phenoxy) is 1. The fraction of sp³-hybridized carbons (Fsp3) is 0.462. The van der Waals surface area contributed by atoms with E-state index in [2.05, 4.69) is 4.98 Å². The largest absolute Gasteiger partial charge is 0.494 e. The molecule has 0 aliphatic carbocycles. The van der Waals surface area contributed by atoms with Crippen molar-refractivity contribution in [3.63, 3.8) is 0 Å². The average molecular weight is 264 g/mol. The van der Waals surface area contributed by atoms with Crippen LogP contribution < -0.4 is 4.74 Å². The van der Waals surface area contributed by atoms with Gasteiger partial charge in [0.1, 0.15) is 5.75 Å². The number of amides is 1. The fourth-order valence-electron chi connectivity index (χ4n) is 2.39. The van der Waals surface area contributed by atoms with E-state index >= 15 is 0 Å². The van der Waals surface area contributed by atoms with E-state index in [-0.39, 0.29) is 18.4 Å². The standard InChI is InChI=1S/C13H16N2O4/c1-19-11-8-14-5-4-10(11)13(18)15-6-2-3-9(15)7-12(16)17/h4-5,8-9H,2-3,6-7H2,1H3,(H,16,17). The second-order valence-electron chi connectivity index (χ2n) is 4.47. The Kier molecular flexibility index (Phi) is 3.99. The Labute approximate surface area is 111 Å². The van der Waals surface area contributed by atoms with Crippen molar-refractivity contribution in [3.05, 3.63) is 24.0 Å². The summed E-state index contributed by atoms with van der Waals surface area (Å²) in [6.07, 6.45) is 4.55. The summed E-state index contributed by atoms with van der Waals surface area (Å²) < 4.78 is 5.12. The maximum absolute atomic E-state index is 12.4. The summed E-state index contributed by atoms with van der Waals surface area (Å²) in [4.78, 5) is 28.8. The summed E-state index contributed by atoms with van der Waals surface area (Å²) in [5.74, 6) is -0.664. The van der Waals surface area contributed by atoms with Crippen LogP contribution in [0.1, 0.15) is 29.6 Å². The van der Waals surface area contributed by atoms with Gasteiger partial charge in [0.2, 0.25) is 0 Å². The molecule has 1 atom stereocenters. The SMILES string of the molecule is COc1cnccc1C(=O)N1CCCC1CC(=O)O. The van der Waals surface area contributed by atoms with E-state index in [0.29, 0.717) is 17.9 Å². The van der Waals surface area contributed by atoms with Crippen molar-refractivity contribution in [2.45, 2.75) is 25.3 Å². The first-order valence-corrected chi connectivity index (χ1v) is 6.14. The molecular formula is C13H16N2O4. The Hall–Kier alpha value is -2.11. The second-order valence-corrected chi connectivity index (χ2v) is 4.47. The first kappa shape index (κ1) is 13.3. The monoisotopic (exact) mass is 264 g/mol. The number of likely N-dealkylation sites (tertiary alicyclic amines) is 1. The molecular weight excluding hydrogens is 248 g/mol. The number of carbonyl (C=O) groups excluding carboxylic acids is 1. The summed E-state index contributed by atoms with van der Waals surface area (Å²) in [6, 6.07) is 1.36. The lowest BCUT2D eigenvalue weighted by molar-refractivity contribution is -0.137. The molecule has 0 radical (unpaired) electrons. The number of rotatable bonds is 4. The molecule has 0 saturated carbocycles. The zero-order chi connectivity index (χ0) is 13.8. The Morgan fingerprint density at radius 1 is 1.58 bits per heavy atom. The number of aromatic nitrogens is 1. The fourth-order valence-corrected chi connectivity index (χ4v) is 2.39. The Bertz CT molecular complexity index is 489. The van der Waals surface area contributed by atoms with E-state index in [0.717, 1.165) is 12.8 Å². The van der Waals surface area contributed by atoms with Crippen molar-refractivity contribution in [3.8, 4) is 5.75 Å². The van der Waals surface area contributed by atoms with E-state index in [1.165, 1.54) is 19.5 Å². The molecule has 1 aliphatic heterocycles. The maximum Gasteiger partial charge on any atom is 0.305 e. The van der Waals surface area contributed by atoms with Gasteiger partial charge in [-0.05, 0) is 18.9 Å². The van der Waals surface area contributed by atoms with Gasteiger partial charge >= 0.3 is 5.97 Å². The van der Waals surface area contributed by atoms with Crippen LogP contribution in [0.25, 0.3) is 0 Å². The van der Waals surface area contributed by atoms with Crippen LogP contribution in [0, 0.1) is 0 Å². The summed E-state index contributed by atoms with van der Waals surface area (Å²) in [7, 11) is 1.48. The minimum absolute atomic E-state index is 0.0147. The van der Waals surface area contributed by atoms with Crippen LogP contribution in [0.15, 0.2) is 18.5 Å². The minimum atomic E-state index is -0.883. The number of methoxy groups -OCH3 is 1. The zero-order valence-corrected chi connectivity index (χ0v) is 10.7. The van der Waals surface area contributed by atoms with Gasteiger partial charge in [0.15, 0.2) is 0 Å². The summed E-state index contributed by atoms with van der Waals surface area (Å²) >= 11 is 0. The van der Waals surface area contributed by atoms with Crippen LogP contribution in [0.5, 0.6) is 5.75 Å². The number of hydrogen-bond acceptors (Lipinski definition) is 4. The lowest BCUT2D eigenvalue weighted by Gasteiger charge is -2.24. The van der Waals surface area contributed by atoms with Crippen molar-refractivity contribution in [1.29, 1.82) is 0 Å². The number of nitrogens with zero attached hydrogens (tertiary/aromatic N) is 2. The molecule has 1 fully saturated rings. The van der Waals surface area contributed by atoms with Crippen LogP contribution in [0.2, 0.25) is 0 Å². The first-order chi connectivity index (χ1) is 9.13. The number of hydrogen-bond donors (Lipinski definition) is 1. The third kappa shape index (κ3) is 2.83. The van der Waals surface area contributed by atoms with Gasteiger partial charge in [-0.25, -0.2) is 0 Å². The van der Waals surface area contributed by atoms with Crippen molar-refractivity contribution in [2.24, 2.45) is 0 Å². The normalized spacial score (nSPS) is 18.4. The maximum atomic E-state index is 12.4. The minimum Gasteiger partial charge on any atom is -0.494 e. The molecule has 2 rings (SSSR count). The van der Waals surface area contributed by atoms with Crippen molar-refractivity contribution < 1.29 is 19.4 Å². The van der Waals surface area contributed by atoms with E-state index in [1.807, 2.05) is 0 Å². The molecule has 1 aliphatic rings. The number of carboxylic acid groups (broad SMARTS) is 1. The Morgan fingerprint density at radius 3 is 3.05 bits per heavy atom. The van der Waals surface area contributed by atoms with Gasteiger partial charge in [0.25, 0.3) is 5.91 Å². The topological polar surface area (TPSA) is 79.7 Å². The highest BCUT2D eigenvalue weighted by molar-refractivity contribution is 5.97. The van der Waals surface area contributed by atoms with Crippen molar-refractivity contribution >= 4 is 11.9 Å². The van der Waals surface area contributed by atoms with Gasteiger partial charge in [-0.1, -0.05) is 0 Å². The van der Waals surface area contributed by atoms with Crippen LogP contribution in [-0.2, 0) is 4.79 Å². The molecule has 0 bridgehead atoms. The lowest BCUT2D eigenvalue weighted by atomic mass is 10.1. The molecule has 6 nitrogen and oxygen atoms in total. The average Bonchev–Trinajstić information content (AvgIpc) is 2.85. The van der Waals surface area contributed by atoms with E-state index in [9.17, 15) is 9.59 Å². The number of aliphatic carboxylic acids is 1. The smallest absolute Gasteiger partial charge is 0.305 e. The highest BCUT2D eigenvalue weighted by atomic mass is 16.5. The summed E-state index contributed by atoms with van der Waals surface area (Å²) in [6.45, 7) is 0.586. The molecule has 1 amide bonds. The van der Waals surface area contributed by atoms with Crippen LogP contribution >= 0.6 is 0 Å². The van der Waals surface area contributed by atoms with E-state index in [1.54, 1.807) is 11.0 Å². The van der Waals surface area contributed by atoms with Crippen LogP contribution in [0.3, 0.4) is 0 Å². The Morgan fingerprint density at radius 2 is 2.37 bits per heavy atom. The number of carbonyl (C=O) groups is 2. The molecule has 19 heavy (non-hydrogen) atoms. The quantitative estimate of drug-likeness (QED) is 0.883. The lowest BCUT2D eigenvalue weighted by Crippen LogP contribution is -2.37. The van der Waals surface area contributed by atoms with Gasteiger partial charge in [0.05, 0.1) is 25.3 Å². The molecule has 1 saturated heterocycles. The highest BCUT2D eigenvalue weighted by Gasteiger charge is 2.32. The van der Waals surface area contributed by atoms with Gasteiger partial charge in [-0.15, -0.1) is 0 Å². The molecule has 1 aromatic rings. The molecule has 2 heterocycles. The van der Waals surface area contributed by atoms with Crippen LogP contribution in [-0.4, -0.2) is 46.6 Å². The second kappa shape index (κ2) is 5.69. The molecule has 102 valence electrons. The van der Waals surface area contributed by atoms with Crippen molar-refractivity contribution in [2.75, 3.05) is 13.7 Å². The Balaban J connectivity index is 2.20. The molecule has 1 N–H and O–H groups in total.